The molecule has 1 amide bonds. The number of hydrogen-bond acceptors (Lipinski definition) is 8. The third-order valence-electron chi connectivity index (χ3n) is 3.86. The summed E-state index contributed by atoms with van der Waals surface area (Å²) in [5.41, 5.74) is 4.55. The molecule has 3 heterocycles. The highest BCUT2D eigenvalue weighted by atomic mass is 32.2. The van der Waals surface area contributed by atoms with Gasteiger partial charge in [-0.05, 0) is 17.7 Å². The van der Waals surface area contributed by atoms with Gasteiger partial charge < -0.3 is 15.3 Å². The number of nitrogens with zero attached hydrogens (tertiary/aromatic N) is 1. The number of hydrogen-bond donors (Lipinski definition) is 3. The second-order valence-electron chi connectivity index (χ2n) is 5.35. The molecule has 3 rings (SSSR count). The van der Waals surface area contributed by atoms with Crippen molar-refractivity contribution in [2.45, 2.75) is 16.7 Å². The van der Waals surface area contributed by atoms with Crippen LogP contribution in [0.5, 0.6) is 0 Å². The summed E-state index contributed by atoms with van der Waals surface area (Å²) in [5, 5.41) is 6.59. The Bertz CT molecular complexity index is 889. The maximum atomic E-state index is 12.5. The topological polar surface area (TPSA) is 168 Å². The van der Waals surface area contributed by atoms with Crippen molar-refractivity contribution >= 4 is 39.5 Å². The molecule has 134 valence electrons. The Kier molecular flexibility index (Phi) is 4.23. The van der Waals surface area contributed by atoms with Crippen molar-refractivity contribution in [3.8, 4) is 0 Å². The van der Waals surface area contributed by atoms with E-state index in [4.69, 9.17) is 10.2 Å². The molecule has 1 aromatic heterocycles. The van der Waals surface area contributed by atoms with Crippen molar-refractivity contribution in [2.24, 2.45) is 5.73 Å². The Labute approximate surface area is 145 Å². The second-order valence-corrected chi connectivity index (χ2v) is 7.96. The number of amides is 1. The van der Waals surface area contributed by atoms with Crippen LogP contribution >= 0.6 is 11.8 Å². The fourth-order valence-electron chi connectivity index (χ4n) is 2.76. The molecule has 0 aromatic carbocycles. The lowest BCUT2D eigenvalue weighted by molar-refractivity contribution is -0.147. The van der Waals surface area contributed by atoms with Gasteiger partial charge >= 0.3 is 5.97 Å². The van der Waals surface area contributed by atoms with Crippen molar-refractivity contribution in [3.63, 3.8) is 0 Å². The lowest BCUT2D eigenvalue weighted by Crippen LogP contribution is -2.69. The Morgan fingerprint density at radius 1 is 1.44 bits per heavy atom. The van der Waals surface area contributed by atoms with E-state index in [2.05, 4.69) is 0 Å². The standard InChI is InChI=1S/C13H12N2O8S2/c14-7-11(17)15-8(13(18)19)5(4-24-12(7)15)10(25(20,21)22)9(16)6-2-1-3-23-6/h1-3,7,10,12H,4,14H2,(H,18,19)(H,20,21,22)/t7?,10?,12-/m1/s1. The van der Waals surface area contributed by atoms with Crippen LogP contribution in [-0.2, 0) is 19.7 Å². The average molecular weight is 388 g/mol. The van der Waals surface area contributed by atoms with Gasteiger partial charge in [-0.25, -0.2) is 4.79 Å². The first-order valence-electron chi connectivity index (χ1n) is 6.85. The van der Waals surface area contributed by atoms with Gasteiger partial charge in [-0.1, -0.05) is 0 Å². The number of carboxylic acid groups (broad SMARTS) is 1. The van der Waals surface area contributed by atoms with E-state index in [0.29, 0.717) is 0 Å². The van der Waals surface area contributed by atoms with Crippen molar-refractivity contribution in [2.75, 3.05) is 5.75 Å². The zero-order chi connectivity index (χ0) is 18.5. The summed E-state index contributed by atoms with van der Waals surface area (Å²) < 4.78 is 38.0. The summed E-state index contributed by atoms with van der Waals surface area (Å²) in [6, 6.07) is 1.61. The van der Waals surface area contributed by atoms with Crippen LogP contribution in [0.4, 0.5) is 0 Å². The minimum Gasteiger partial charge on any atom is -0.477 e. The first-order chi connectivity index (χ1) is 11.6. The molecule has 2 aliphatic heterocycles. The molecule has 0 aliphatic carbocycles. The van der Waals surface area contributed by atoms with Crippen LogP contribution in [0.25, 0.3) is 0 Å². The molecular weight excluding hydrogens is 376 g/mol. The van der Waals surface area contributed by atoms with Crippen molar-refractivity contribution in [1.29, 1.82) is 0 Å². The van der Waals surface area contributed by atoms with Crippen molar-refractivity contribution < 1.29 is 36.9 Å². The first kappa shape index (κ1) is 17.7. The zero-order valence-corrected chi connectivity index (χ0v) is 14.0. The van der Waals surface area contributed by atoms with E-state index in [1.165, 1.54) is 12.1 Å². The predicted octanol–water partition coefficient (Wildman–Crippen LogP) is -0.700. The highest BCUT2D eigenvalue weighted by Gasteiger charge is 2.54. The maximum Gasteiger partial charge on any atom is 0.352 e. The minimum absolute atomic E-state index is 0.208. The van der Waals surface area contributed by atoms with Crippen LogP contribution in [0.3, 0.4) is 0 Å². The van der Waals surface area contributed by atoms with Gasteiger partial charge in [0.2, 0.25) is 11.7 Å². The summed E-state index contributed by atoms with van der Waals surface area (Å²) >= 11 is 1.01. The molecule has 12 heteroatoms. The van der Waals surface area contributed by atoms with E-state index in [0.717, 1.165) is 22.9 Å². The fraction of sp³-hybridized carbons (Fsp3) is 0.308. The van der Waals surface area contributed by atoms with Crippen LogP contribution in [0.15, 0.2) is 34.1 Å². The summed E-state index contributed by atoms with van der Waals surface area (Å²) in [6.45, 7) is 0. The van der Waals surface area contributed by atoms with Crippen LogP contribution < -0.4 is 5.73 Å². The Morgan fingerprint density at radius 3 is 2.64 bits per heavy atom. The smallest absolute Gasteiger partial charge is 0.352 e. The van der Waals surface area contributed by atoms with E-state index >= 15 is 0 Å². The number of furan rings is 1. The quantitative estimate of drug-likeness (QED) is 0.333. The molecule has 10 nitrogen and oxygen atoms in total. The van der Waals surface area contributed by atoms with Gasteiger partial charge in [-0.2, -0.15) is 8.42 Å². The number of aliphatic carboxylic acids is 1. The third kappa shape index (κ3) is 2.76. The normalized spacial score (nSPS) is 24.6. The van der Waals surface area contributed by atoms with E-state index in [1.54, 1.807) is 0 Å². The van der Waals surface area contributed by atoms with Crippen LogP contribution in [0, 0.1) is 0 Å². The lowest BCUT2D eigenvalue weighted by atomic mass is 10.00. The van der Waals surface area contributed by atoms with E-state index < -0.39 is 55.7 Å². The van der Waals surface area contributed by atoms with E-state index in [9.17, 15) is 32.5 Å². The molecule has 1 aromatic rings. The number of rotatable bonds is 5. The van der Waals surface area contributed by atoms with E-state index in [1.807, 2.05) is 0 Å². The molecule has 25 heavy (non-hydrogen) atoms. The first-order valence-corrected chi connectivity index (χ1v) is 9.40. The fourth-order valence-corrected chi connectivity index (χ4v) is 5.14. The molecule has 2 unspecified atom stereocenters. The van der Waals surface area contributed by atoms with Gasteiger partial charge in [0, 0.05) is 5.75 Å². The number of fused-ring (bicyclic) bond motifs is 1. The van der Waals surface area contributed by atoms with Crippen molar-refractivity contribution in [3.05, 3.63) is 35.4 Å². The van der Waals surface area contributed by atoms with Crippen molar-refractivity contribution in [1.82, 2.24) is 4.90 Å². The molecule has 0 radical (unpaired) electrons. The molecule has 3 atom stereocenters. The molecular formula is C13H12N2O8S2. The Morgan fingerprint density at radius 2 is 2.12 bits per heavy atom. The molecule has 0 saturated carbocycles. The molecule has 1 saturated heterocycles. The Balaban J connectivity index is 2.15. The molecule has 2 aliphatic rings. The van der Waals surface area contributed by atoms with E-state index in [-0.39, 0.29) is 11.5 Å². The molecule has 0 bridgehead atoms. The summed E-state index contributed by atoms with van der Waals surface area (Å²) in [6.07, 6.45) is 1.13. The zero-order valence-electron chi connectivity index (χ0n) is 12.4. The molecule has 1 fully saturated rings. The minimum atomic E-state index is -5.02. The second kappa shape index (κ2) is 5.98. The largest absolute Gasteiger partial charge is 0.477 e. The number of nitrogens with two attached hydrogens (primary N) is 1. The number of β-lactam (4-membered cyclic amide) rings is 1. The Hall–Kier alpha value is -2.15. The van der Waals surface area contributed by atoms with Crippen LogP contribution in [-0.4, -0.2) is 63.1 Å². The van der Waals surface area contributed by atoms with Crippen LogP contribution in [0.1, 0.15) is 10.6 Å². The lowest BCUT2D eigenvalue weighted by Gasteiger charge is -2.48. The summed E-state index contributed by atoms with van der Waals surface area (Å²) in [7, 11) is -5.02. The van der Waals surface area contributed by atoms with Gasteiger partial charge in [0.1, 0.15) is 17.1 Å². The van der Waals surface area contributed by atoms with Gasteiger partial charge in [0.05, 0.1) is 6.26 Å². The highest BCUT2D eigenvalue weighted by molar-refractivity contribution is 8.00. The SMILES string of the molecule is NC1C(=O)N2C(C(=O)O)=C(C(C(=O)c3ccco3)S(=O)(=O)O)CS[C@H]12. The van der Waals surface area contributed by atoms with Gasteiger partial charge in [-0.15, -0.1) is 11.8 Å². The number of ketones is 1. The molecule has 4 N–H and O–H groups in total. The average Bonchev–Trinajstić information content (AvgIpc) is 3.06. The monoisotopic (exact) mass is 388 g/mol. The highest BCUT2D eigenvalue weighted by Crippen LogP contribution is 2.41. The van der Waals surface area contributed by atoms with Gasteiger partial charge in [-0.3, -0.25) is 19.0 Å². The predicted molar refractivity (Wildman–Crippen MR) is 84.1 cm³/mol. The van der Waals surface area contributed by atoms with Gasteiger partial charge in [0.15, 0.2) is 11.0 Å². The number of Topliss-reactive ketones (excluding diaryl/α,β-unsaturated/α-hetero) is 1. The molecule has 0 spiro atoms. The maximum absolute atomic E-state index is 12.5. The summed E-state index contributed by atoms with van der Waals surface area (Å²) in [4.78, 5) is 36.8. The van der Waals surface area contributed by atoms with Crippen LogP contribution in [0.2, 0.25) is 0 Å². The third-order valence-corrected chi connectivity index (χ3v) is 6.28. The number of thioether (sulfide) groups is 1. The number of carbonyl (C=O) groups excluding carboxylic acids is 2. The summed E-state index contributed by atoms with van der Waals surface area (Å²) in [5.74, 6) is -4.00. The number of carbonyl (C=O) groups is 3. The van der Waals surface area contributed by atoms with Gasteiger partial charge in [0.25, 0.3) is 10.1 Å². The number of carboxylic acids is 1.